The molecule has 4 nitrogen and oxygen atoms in total. The van der Waals surface area contributed by atoms with Gasteiger partial charge in [0, 0.05) is 42.1 Å². The lowest BCUT2D eigenvalue weighted by molar-refractivity contribution is 0.586. The molecule has 3 heterocycles. The van der Waals surface area contributed by atoms with Crippen molar-refractivity contribution in [2.24, 2.45) is 0 Å². The van der Waals surface area contributed by atoms with Gasteiger partial charge in [0.05, 0.1) is 5.39 Å². The summed E-state index contributed by atoms with van der Waals surface area (Å²) in [6.07, 6.45) is 0. The van der Waals surface area contributed by atoms with Gasteiger partial charge in [-0.15, -0.1) is 11.3 Å². The molecule has 4 rings (SSSR count). The Morgan fingerprint density at radius 2 is 1.78 bits per heavy atom. The highest BCUT2D eigenvalue weighted by atomic mass is 35.5. The largest absolute Gasteiger partial charge is 0.353 e. The van der Waals surface area contributed by atoms with Crippen LogP contribution in [0.4, 0.5) is 5.82 Å². The van der Waals surface area contributed by atoms with E-state index in [9.17, 15) is 0 Å². The number of halogens is 2. The molecule has 0 aliphatic carbocycles. The summed E-state index contributed by atoms with van der Waals surface area (Å²) in [7, 11) is 0. The van der Waals surface area contributed by atoms with Crippen LogP contribution >= 0.6 is 34.5 Å². The molecule has 0 radical (unpaired) electrons. The third-order valence-corrected chi connectivity index (χ3v) is 5.25. The zero-order valence-electron chi connectivity index (χ0n) is 12.2. The summed E-state index contributed by atoms with van der Waals surface area (Å²) < 4.78 is 0. The first-order chi connectivity index (χ1) is 11.2. The minimum absolute atomic E-state index is 0.301. The maximum atomic E-state index is 6.14. The van der Waals surface area contributed by atoms with Crippen LogP contribution in [0.5, 0.6) is 0 Å². The molecule has 1 N–H and O–H groups in total. The van der Waals surface area contributed by atoms with Crippen molar-refractivity contribution >= 4 is 50.6 Å². The normalized spacial score (nSPS) is 15.3. The number of nitrogens with zero attached hydrogens (tertiary/aromatic N) is 3. The van der Waals surface area contributed by atoms with E-state index in [0.29, 0.717) is 5.28 Å². The molecule has 0 bridgehead atoms. The van der Waals surface area contributed by atoms with Crippen molar-refractivity contribution in [2.45, 2.75) is 0 Å². The van der Waals surface area contributed by atoms with Crippen LogP contribution in [0.3, 0.4) is 0 Å². The van der Waals surface area contributed by atoms with Crippen LogP contribution < -0.4 is 10.2 Å². The molecule has 23 heavy (non-hydrogen) atoms. The van der Waals surface area contributed by atoms with Crippen molar-refractivity contribution in [3.8, 4) is 11.1 Å². The number of piperazine rings is 1. The molecule has 0 atom stereocenters. The molecular formula is C16H14Cl2N4S. The number of nitrogens with one attached hydrogen (secondary N) is 1. The second-order valence-corrected chi connectivity index (χ2v) is 7.02. The van der Waals surface area contributed by atoms with Crippen molar-refractivity contribution in [3.05, 3.63) is 40.0 Å². The summed E-state index contributed by atoms with van der Waals surface area (Å²) in [5.41, 5.74) is 2.25. The Balaban J connectivity index is 1.90. The molecule has 7 heteroatoms. The lowest BCUT2D eigenvalue weighted by atomic mass is 10.1. The molecule has 3 aromatic rings. The van der Waals surface area contributed by atoms with Gasteiger partial charge in [-0.05, 0) is 29.3 Å². The van der Waals surface area contributed by atoms with Crippen LogP contribution in [0.25, 0.3) is 21.3 Å². The summed E-state index contributed by atoms with van der Waals surface area (Å²) in [4.78, 5) is 12.1. The Morgan fingerprint density at radius 1 is 1.04 bits per heavy atom. The Kier molecular flexibility index (Phi) is 4.11. The fraction of sp³-hybridized carbons (Fsp3) is 0.250. The van der Waals surface area contributed by atoms with Gasteiger partial charge in [-0.1, -0.05) is 23.7 Å². The van der Waals surface area contributed by atoms with Crippen LogP contribution in [-0.4, -0.2) is 36.1 Å². The second kappa shape index (κ2) is 6.24. The molecular weight excluding hydrogens is 351 g/mol. The molecule has 0 spiro atoms. The lowest BCUT2D eigenvalue weighted by Crippen LogP contribution is -2.44. The first-order valence-corrected chi connectivity index (χ1v) is 9.02. The van der Waals surface area contributed by atoms with E-state index in [2.05, 4.69) is 25.6 Å². The number of rotatable bonds is 2. The van der Waals surface area contributed by atoms with E-state index < -0.39 is 0 Å². The van der Waals surface area contributed by atoms with Crippen molar-refractivity contribution in [3.63, 3.8) is 0 Å². The zero-order chi connectivity index (χ0) is 15.8. The third-order valence-electron chi connectivity index (χ3n) is 3.96. The van der Waals surface area contributed by atoms with Gasteiger partial charge < -0.3 is 10.2 Å². The second-order valence-electron chi connectivity index (χ2n) is 5.39. The van der Waals surface area contributed by atoms with E-state index in [0.717, 1.165) is 58.4 Å². The number of thiophene rings is 1. The monoisotopic (exact) mass is 364 g/mol. The number of hydrogen-bond donors (Lipinski definition) is 1. The van der Waals surface area contributed by atoms with Gasteiger partial charge in [-0.2, -0.15) is 4.98 Å². The highest BCUT2D eigenvalue weighted by Crippen LogP contribution is 2.39. The molecule has 1 fully saturated rings. The summed E-state index contributed by atoms with van der Waals surface area (Å²) >= 11 is 13.7. The predicted molar refractivity (Wildman–Crippen MR) is 98.0 cm³/mol. The summed E-state index contributed by atoms with van der Waals surface area (Å²) in [5, 5.41) is 7.58. The van der Waals surface area contributed by atoms with Crippen molar-refractivity contribution < 1.29 is 0 Å². The molecule has 118 valence electrons. The van der Waals surface area contributed by atoms with Crippen molar-refractivity contribution in [2.75, 3.05) is 31.1 Å². The minimum Gasteiger partial charge on any atom is -0.353 e. The van der Waals surface area contributed by atoms with Gasteiger partial charge in [0.2, 0.25) is 5.28 Å². The number of hydrogen-bond acceptors (Lipinski definition) is 5. The topological polar surface area (TPSA) is 41.1 Å². The molecule has 0 unspecified atom stereocenters. The maximum absolute atomic E-state index is 6.14. The van der Waals surface area contributed by atoms with Crippen LogP contribution in [0.1, 0.15) is 0 Å². The van der Waals surface area contributed by atoms with Crippen molar-refractivity contribution in [1.82, 2.24) is 15.3 Å². The first-order valence-electron chi connectivity index (χ1n) is 7.39. The average molecular weight is 365 g/mol. The molecule has 1 aliphatic heterocycles. The third kappa shape index (κ3) is 2.90. The molecule has 1 aliphatic rings. The van der Waals surface area contributed by atoms with E-state index >= 15 is 0 Å². The van der Waals surface area contributed by atoms with Gasteiger partial charge in [-0.3, -0.25) is 0 Å². The maximum Gasteiger partial charge on any atom is 0.225 e. The molecule has 1 saturated heterocycles. The highest BCUT2D eigenvalue weighted by molar-refractivity contribution is 7.17. The summed E-state index contributed by atoms with van der Waals surface area (Å²) in [5.74, 6) is 0.924. The SMILES string of the molecule is Clc1ccc(-c2csc3nc(Cl)nc(N4CCNCC4)c23)cc1. The quantitative estimate of drug-likeness (QED) is 0.695. The van der Waals surface area contributed by atoms with E-state index in [1.165, 1.54) is 0 Å². The van der Waals surface area contributed by atoms with E-state index in [1.807, 2.05) is 24.3 Å². The number of benzene rings is 1. The lowest BCUT2D eigenvalue weighted by Gasteiger charge is -2.29. The Hall–Kier alpha value is -1.40. The van der Waals surface area contributed by atoms with Gasteiger partial charge in [0.25, 0.3) is 0 Å². The van der Waals surface area contributed by atoms with Gasteiger partial charge in [-0.25, -0.2) is 4.98 Å². The number of aromatic nitrogens is 2. The number of anilines is 1. The summed E-state index contributed by atoms with van der Waals surface area (Å²) in [6.45, 7) is 3.73. The van der Waals surface area contributed by atoms with E-state index in [4.69, 9.17) is 23.2 Å². The van der Waals surface area contributed by atoms with E-state index in [1.54, 1.807) is 11.3 Å². The smallest absolute Gasteiger partial charge is 0.225 e. The summed E-state index contributed by atoms with van der Waals surface area (Å²) in [6, 6.07) is 7.86. The molecule has 0 amide bonds. The standard InChI is InChI=1S/C16H14Cl2N4S/c17-11-3-1-10(2-4-11)12-9-23-15-13(12)14(20-16(18)21-15)22-7-5-19-6-8-22/h1-4,9,19H,5-8H2. The predicted octanol–water partition coefficient (Wildman–Crippen LogP) is 4.07. The Bertz CT molecular complexity index is 841. The van der Waals surface area contributed by atoms with Crippen molar-refractivity contribution in [1.29, 1.82) is 0 Å². The number of fused-ring (bicyclic) bond motifs is 1. The fourth-order valence-corrected chi connectivity index (χ4v) is 4.13. The van der Waals surface area contributed by atoms with Crippen LogP contribution in [0.2, 0.25) is 10.3 Å². The van der Waals surface area contributed by atoms with Gasteiger partial charge in [0.1, 0.15) is 10.6 Å². The molecule has 2 aromatic heterocycles. The molecule has 0 saturated carbocycles. The Morgan fingerprint density at radius 3 is 2.52 bits per heavy atom. The fourth-order valence-electron chi connectivity index (χ4n) is 2.85. The van der Waals surface area contributed by atoms with Gasteiger partial charge >= 0.3 is 0 Å². The highest BCUT2D eigenvalue weighted by Gasteiger charge is 2.20. The zero-order valence-corrected chi connectivity index (χ0v) is 14.5. The van der Waals surface area contributed by atoms with Gasteiger partial charge in [0.15, 0.2) is 0 Å². The Labute approximate surface area is 148 Å². The first kappa shape index (κ1) is 15.1. The molecule has 1 aromatic carbocycles. The van der Waals surface area contributed by atoms with Crippen LogP contribution in [-0.2, 0) is 0 Å². The van der Waals surface area contributed by atoms with Crippen LogP contribution in [0.15, 0.2) is 29.6 Å². The average Bonchev–Trinajstić information content (AvgIpc) is 2.99. The minimum atomic E-state index is 0.301. The van der Waals surface area contributed by atoms with Crippen LogP contribution in [0, 0.1) is 0 Å². The van der Waals surface area contributed by atoms with E-state index in [-0.39, 0.29) is 0 Å².